The predicted octanol–water partition coefficient (Wildman–Crippen LogP) is 4.60. The number of fused-ring (bicyclic) bond motifs is 1. The van der Waals surface area contributed by atoms with Crippen LogP contribution in [-0.4, -0.2) is 42.7 Å². The SMILES string of the molecule is CCNC(=NCCCc1nc2ccccc2[nH]1)Nc1ccc(OC)c(OCC)c1.I. The number of benzene rings is 2. The lowest BCUT2D eigenvalue weighted by atomic mass is 10.2. The number of ether oxygens (including phenoxy) is 2. The summed E-state index contributed by atoms with van der Waals surface area (Å²) < 4.78 is 11.0. The summed E-state index contributed by atoms with van der Waals surface area (Å²) in [4.78, 5) is 12.7. The minimum atomic E-state index is 0. The third-order valence-electron chi connectivity index (χ3n) is 4.35. The highest BCUT2D eigenvalue weighted by molar-refractivity contribution is 14.0. The Morgan fingerprint density at radius 1 is 1.13 bits per heavy atom. The van der Waals surface area contributed by atoms with E-state index >= 15 is 0 Å². The van der Waals surface area contributed by atoms with Crippen molar-refractivity contribution in [2.24, 2.45) is 4.99 Å². The number of rotatable bonds is 9. The molecule has 0 spiro atoms. The van der Waals surface area contributed by atoms with Crippen molar-refractivity contribution in [1.82, 2.24) is 15.3 Å². The third kappa shape index (κ3) is 6.51. The maximum Gasteiger partial charge on any atom is 0.195 e. The molecule has 3 aromatic rings. The second-order valence-corrected chi connectivity index (χ2v) is 6.49. The number of nitrogens with one attached hydrogen (secondary N) is 3. The van der Waals surface area contributed by atoms with Gasteiger partial charge < -0.3 is 25.1 Å². The molecule has 162 valence electrons. The van der Waals surface area contributed by atoms with Gasteiger partial charge in [0.25, 0.3) is 0 Å². The molecule has 0 unspecified atom stereocenters. The number of aromatic amines is 1. The second kappa shape index (κ2) is 12.3. The van der Waals surface area contributed by atoms with Gasteiger partial charge in [-0.25, -0.2) is 4.98 Å². The highest BCUT2D eigenvalue weighted by atomic mass is 127. The number of H-pyrrole nitrogens is 1. The van der Waals surface area contributed by atoms with Gasteiger partial charge in [0.1, 0.15) is 5.82 Å². The van der Waals surface area contributed by atoms with E-state index < -0.39 is 0 Å². The molecule has 3 rings (SSSR count). The number of nitrogens with zero attached hydrogens (tertiary/aromatic N) is 2. The Bertz CT molecular complexity index is 925. The number of aliphatic imine (C=N–C) groups is 1. The van der Waals surface area contributed by atoms with Gasteiger partial charge in [-0.3, -0.25) is 4.99 Å². The van der Waals surface area contributed by atoms with Crippen LogP contribution in [0.3, 0.4) is 0 Å². The zero-order valence-electron chi connectivity index (χ0n) is 17.7. The largest absolute Gasteiger partial charge is 0.493 e. The van der Waals surface area contributed by atoms with Gasteiger partial charge in [0.05, 0.1) is 24.8 Å². The van der Waals surface area contributed by atoms with E-state index in [2.05, 4.69) is 25.6 Å². The molecule has 1 aromatic heterocycles. The Labute approximate surface area is 194 Å². The Morgan fingerprint density at radius 2 is 1.97 bits per heavy atom. The molecule has 0 aliphatic carbocycles. The molecule has 0 saturated heterocycles. The maximum atomic E-state index is 5.65. The fraction of sp³-hybridized carbons (Fsp3) is 0.364. The van der Waals surface area contributed by atoms with Crippen LogP contribution in [0, 0.1) is 0 Å². The smallest absolute Gasteiger partial charge is 0.195 e. The van der Waals surface area contributed by atoms with Crippen molar-refractivity contribution in [3.05, 3.63) is 48.3 Å². The van der Waals surface area contributed by atoms with E-state index in [9.17, 15) is 0 Å². The molecule has 0 saturated carbocycles. The summed E-state index contributed by atoms with van der Waals surface area (Å²) in [5.41, 5.74) is 2.97. The number of hydrogen-bond donors (Lipinski definition) is 3. The molecular formula is C22H30IN5O2. The first-order chi connectivity index (χ1) is 14.2. The van der Waals surface area contributed by atoms with Crippen LogP contribution in [0.25, 0.3) is 11.0 Å². The van der Waals surface area contributed by atoms with Crippen molar-refractivity contribution in [3.63, 3.8) is 0 Å². The zero-order chi connectivity index (χ0) is 20.5. The summed E-state index contributed by atoms with van der Waals surface area (Å²) in [5, 5.41) is 6.60. The Kier molecular flexibility index (Phi) is 9.72. The standard InChI is InChI=1S/C22H29N5O2.HI/c1-4-23-22(25-16-12-13-19(28-3)20(15-16)29-5-2)24-14-8-11-21-26-17-9-6-7-10-18(17)27-21;/h6-7,9-10,12-13,15H,4-5,8,11,14H2,1-3H3,(H,26,27)(H2,23,24,25);1H. The summed E-state index contributed by atoms with van der Waals surface area (Å²) >= 11 is 0. The van der Waals surface area contributed by atoms with E-state index in [1.54, 1.807) is 7.11 Å². The van der Waals surface area contributed by atoms with Crippen LogP contribution in [0.15, 0.2) is 47.5 Å². The average Bonchev–Trinajstić information content (AvgIpc) is 3.15. The first-order valence-corrected chi connectivity index (χ1v) is 10.0. The molecule has 1 heterocycles. The Hall–Kier alpha value is -2.49. The van der Waals surface area contributed by atoms with Gasteiger partial charge in [-0.05, 0) is 44.5 Å². The number of hydrogen-bond acceptors (Lipinski definition) is 4. The van der Waals surface area contributed by atoms with E-state index in [1.165, 1.54) is 0 Å². The highest BCUT2D eigenvalue weighted by Crippen LogP contribution is 2.30. The molecule has 0 aliphatic rings. The molecular weight excluding hydrogens is 493 g/mol. The van der Waals surface area contributed by atoms with Crippen LogP contribution in [0.5, 0.6) is 11.5 Å². The quantitative estimate of drug-likeness (QED) is 0.165. The topological polar surface area (TPSA) is 83.6 Å². The van der Waals surface area contributed by atoms with Crippen molar-refractivity contribution in [1.29, 1.82) is 0 Å². The van der Waals surface area contributed by atoms with Crippen LogP contribution in [0.4, 0.5) is 5.69 Å². The first-order valence-electron chi connectivity index (χ1n) is 10.0. The number of aryl methyl sites for hydroxylation is 1. The Morgan fingerprint density at radius 3 is 2.70 bits per heavy atom. The molecule has 0 radical (unpaired) electrons. The van der Waals surface area contributed by atoms with E-state index in [4.69, 9.17) is 9.47 Å². The zero-order valence-corrected chi connectivity index (χ0v) is 20.0. The van der Waals surface area contributed by atoms with E-state index in [-0.39, 0.29) is 24.0 Å². The van der Waals surface area contributed by atoms with Crippen molar-refractivity contribution in [3.8, 4) is 11.5 Å². The molecule has 2 aromatic carbocycles. The first kappa shape index (κ1) is 23.8. The maximum absolute atomic E-state index is 5.65. The molecule has 0 amide bonds. The number of para-hydroxylation sites is 2. The fourth-order valence-electron chi connectivity index (χ4n) is 3.03. The van der Waals surface area contributed by atoms with Crippen LogP contribution in [0.2, 0.25) is 0 Å². The van der Waals surface area contributed by atoms with Crippen molar-refractivity contribution in [2.75, 3.05) is 32.1 Å². The van der Waals surface area contributed by atoms with Crippen LogP contribution >= 0.6 is 24.0 Å². The lowest BCUT2D eigenvalue weighted by molar-refractivity contribution is 0.311. The molecule has 8 heteroatoms. The van der Waals surface area contributed by atoms with Crippen LogP contribution in [-0.2, 0) is 6.42 Å². The molecule has 3 N–H and O–H groups in total. The molecule has 0 fully saturated rings. The van der Waals surface area contributed by atoms with Crippen LogP contribution < -0.4 is 20.1 Å². The fourth-order valence-corrected chi connectivity index (χ4v) is 3.03. The third-order valence-corrected chi connectivity index (χ3v) is 4.35. The normalized spacial score (nSPS) is 11.1. The molecule has 0 atom stereocenters. The van der Waals surface area contributed by atoms with Gasteiger partial charge in [-0.15, -0.1) is 24.0 Å². The lowest BCUT2D eigenvalue weighted by Gasteiger charge is -2.14. The van der Waals surface area contributed by atoms with Crippen LogP contribution in [0.1, 0.15) is 26.1 Å². The number of methoxy groups -OCH3 is 1. The van der Waals surface area contributed by atoms with Crippen molar-refractivity contribution in [2.45, 2.75) is 26.7 Å². The van der Waals surface area contributed by atoms with Crippen molar-refractivity contribution < 1.29 is 9.47 Å². The lowest BCUT2D eigenvalue weighted by Crippen LogP contribution is -2.30. The number of halogens is 1. The van der Waals surface area contributed by atoms with Gasteiger partial charge in [0, 0.05) is 31.3 Å². The molecule has 0 bridgehead atoms. The van der Waals surface area contributed by atoms with Gasteiger partial charge in [0.15, 0.2) is 17.5 Å². The Balaban J connectivity index is 0.00000320. The number of guanidine groups is 1. The van der Waals surface area contributed by atoms with E-state index in [1.807, 2.05) is 56.3 Å². The van der Waals surface area contributed by atoms with E-state index in [0.29, 0.717) is 24.7 Å². The van der Waals surface area contributed by atoms with Gasteiger partial charge in [-0.1, -0.05) is 12.1 Å². The monoisotopic (exact) mass is 523 g/mol. The summed E-state index contributed by atoms with van der Waals surface area (Å²) in [5.74, 6) is 3.16. The van der Waals surface area contributed by atoms with Crippen molar-refractivity contribution >= 4 is 46.7 Å². The molecule has 7 nitrogen and oxygen atoms in total. The minimum absolute atomic E-state index is 0. The summed E-state index contributed by atoms with van der Waals surface area (Å²) in [6.45, 7) is 6.05. The second-order valence-electron chi connectivity index (χ2n) is 6.49. The summed E-state index contributed by atoms with van der Waals surface area (Å²) in [6, 6.07) is 13.8. The average molecular weight is 523 g/mol. The number of anilines is 1. The highest BCUT2D eigenvalue weighted by Gasteiger charge is 2.07. The summed E-state index contributed by atoms with van der Waals surface area (Å²) in [6.07, 6.45) is 1.76. The number of imidazole rings is 1. The molecule has 0 aliphatic heterocycles. The molecule has 30 heavy (non-hydrogen) atoms. The summed E-state index contributed by atoms with van der Waals surface area (Å²) in [7, 11) is 1.64. The van der Waals surface area contributed by atoms with Gasteiger partial charge >= 0.3 is 0 Å². The number of aromatic nitrogens is 2. The minimum Gasteiger partial charge on any atom is -0.493 e. The van der Waals surface area contributed by atoms with E-state index in [0.717, 1.165) is 47.9 Å². The van der Waals surface area contributed by atoms with Gasteiger partial charge in [0.2, 0.25) is 0 Å². The predicted molar refractivity (Wildman–Crippen MR) is 134 cm³/mol. The van der Waals surface area contributed by atoms with Gasteiger partial charge in [-0.2, -0.15) is 0 Å².